The van der Waals surface area contributed by atoms with Crippen LogP contribution >= 0.6 is 23.2 Å². The Bertz CT molecular complexity index is 931. The molecule has 0 saturated carbocycles. The maximum absolute atomic E-state index is 10.1. The molecule has 0 spiro atoms. The van der Waals surface area contributed by atoms with Crippen molar-refractivity contribution in [1.29, 1.82) is 0 Å². The number of aliphatic hydroxyl groups excluding tert-OH is 1. The van der Waals surface area contributed by atoms with Gasteiger partial charge in [-0.25, -0.2) is 9.59 Å². The summed E-state index contributed by atoms with van der Waals surface area (Å²) in [5, 5.41) is 29.5. The molecule has 33 heavy (non-hydrogen) atoms. The second-order valence-electron chi connectivity index (χ2n) is 8.50. The topological polar surface area (TPSA) is 116 Å². The Hall–Kier alpha value is -2.32. The van der Waals surface area contributed by atoms with Gasteiger partial charge in [0.15, 0.2) is 0 Å². The van der Waals surface area contributed by atoms with Gasteiger partial charge in [-0.15, -0.1) is 0 Å². The number of halogens is 2. The third kappa shape index (κ3) is 10.9. The summed E-state index contributed by atoms with van der Waals surface area (Å²) in [6.07, 6.45) is 0.198. The standard InChI is InChI=1S/C22H29Cl2NO2.C2H2O4/c1-15-11-17(22(2,3)4)6-8-21(15)27-14-19(26)13-25-10-9-16-5-7-18(23)12-20(16)24;3-1(4)2(5)6/h5-8,11-12,19,25-26H,9-10,13-14H2,1-4H3;(H,3,4)(H,5,6). The van der Waals surface area contributed by atoms with Gasteiger partial charge < -0.3 is 25.4 Å². The average Bonchev–Trinajstić information content (AvgIpc) is 2.71. The third-order valence-corrected chi connectivity index (χ3v) is 5.21. The van der Waals surface area contributed by atoms with E-state index >= 15 is 0 Å². The van der Waals surface area contributed by atoms with E-state index < -0.39 is 18.0 Å². The largest absolute Gasteiger partial charge is 0.491 e. The van der Waals surface area contributed by atoms with Crippen molar-refractivity contribution in [3.63, 3.8) is 0 Å². The molecule has 0 saturated heterocycles. The highest BCUT2D eigenvalue weighted by molar-refractivity contribution is 6.35. The molecule has 0 bridgehead atoms. The van der Waals surface area contributed by atoms with Gasteiger partial charge in [0.05, 0.1) is 0 Å². The summed E-state index contributed by atoms with van der Waals surface area (Å²) >= 11 is 12.1. The molecular weight excluding hydrogens is 469 g/mol. The van der Waals surface area contributed by atoms with Crippen LogP contribution in [0.3, 0.4) is 0 Å². The molecule has 4 N–H and O–H groups in total. The number of ether oxygens (including phenoxy) is 1. The van der Waals surface area contributed by atoms with Gasteiger partial charge in [0.2, 0.25) is 0 Å². The van der Waals surface area contributed by atoms with Crippen molar-refractivity contribution in [2.75, 3.05) is 19.7 Å². The van der Waals surface area contributed by atoms with Gasteiger partial charge in [0, 0.05) is 16.6 Å². The molecule has 9 heteroatoms. The molecule has 182 valence electrons. The first-order valence-electron chi connectivity index (χ1n) is 10.3. The van der Waals surface area contributed by atoms with Crippen molar-refractivity contribution < 1.29 is 29.6 Å². The number of nitrogens with one attached hydrogen (secondary N) is 1. The van der Waals surface area contributed by atoms with Crippen LogP contribution in [0, 0.1) is 6.92 Å². The molecule has 0 aliphatic heterocycles. The van der Waals surface area contributed by atoms with E-state index in [4.69, 9.17) is 47.7 Å². The molecule has 0 aliphatic carbocycles. The number of aryl methyl sites for hydroxylation is 1. The van der Waals surface area contributed by atoms with Gasteiger partial charge >= 0.3 is 11.9 Å². The first kappa shape index (κ1) is 28.7. The SMILES string of the molecule is Cc1cc(C(C)(C)C)ccc1OCC(O)CNCCc1ccc(Cl)cc1Cl.O=C(O)C(=O)O. The van der Waals surface area contributed by atoms with Gasteiger partial charge in [0.1, 0.15) is 18.5 Å². The predicted octanol–water partition coefficient (Wildman–Crippen LogP) is 4.33. The van der Waals surface area contributed by atoms with Crippen LogP contribution in [0.1, 0.15) is 37.5 Å². The van der Waals surface area contributed by atoms with Crippen LogP contribution in [-0.4, -0.2) is 53.1 Å². The lowest BCUT2D eigenvalue weighted by atomic mass is 9.86. The quantitative estimate of drug-likeness (QED) is 0.315. The maximum atomic E-state index is 10.1. The lowest BCUT2D eigenvalue weighted by Crippen LogP contribution is -2.32. The molecule has 2 aromatic carbocycles. The van der Waals surface area contributed by atoms with E-state index in [1.54, 1.807) is 6.07 Å². The smallest absolute Gasteiger partial charge is 0.414 e. The number of benzene rings is 2. The molecule has 0 aliphatic rings. The molecule has 2 aromatic rings. The summed E-state index contributed by atoms with van der Waals surface area (Å²) in [5.41, 5.74) is 3.50. The number of rotatable bonds is 8. The molecule has 7 nitrogen and oxygen atoms in total. The third-order valence-electron chi connectivity index (χ3n) is 4.62. The maximum Gasteiger partial charge on any atom is 0.414 e. The molecule has 1 unspecified atom stereocenters. The minimum atomic E-state index is -1.82. The minimum absolute atomic E-state index is 0.111. The van der Waals surface area contributed by atoms with Crippen molar-refractivity contribution in [2.45, 2.75) is 45.6 Å². The van der Waals surface area contributed by atoms with Crippen LogP contribution < -0.4 is 10.1 Å². The molecule has 2 rings (SSSR count). The monoisotopic (exact) mass is 499 g/mol. The van der Waals surface area contributed by atoms with Crippen LogP contribution in [0.4, 0.5) is 0 Å². The highest BCUT2D eigenvalue weighted by atomic mass is 35.5. The summed E-state index contributed by atoms with van der Waals surface area (Å²) < 4.78 is 5.79. The Balaban J connectivity index is 0.000000801. The predicted molar refractivity (Wildman–Crippen MR) is 130 cm³/mol. The highest BCUT2D eigenvalue weighted by Gasteiger charge is 2.15. The Morgan fingerprint density at radius 3 is 2.21 bits per heavy atom. The van der Waals surface area contributed by atoms with Crippen LogP contribution in [-0.2, 0) is 21.4 Å². The number of carboxylic acid groups (broad SMARTS) is 2. The number of aliphatic hydroxyl groups is 1. The molecule has 0 heterocycles. The zero-order chi connectivity index (χ0) is 25.2. The fourth-order valence-corrected chi connectivity index (χ4v) is 3.24. The van der Waals surface area contributed by atoms with E-state index in [9.17, 15) is 5.11 Å². The van der Waals surface area contributed by atoms with Crippen LogP contribution in [0.2, 0.25) is 10.0 Å². The van der Waals surface area contributed by atoms with E-state index in [2.05, 4.69) is 38.2 Å². The summed E-state index contributed by atoms with van der Waals surface area (Å²) in [4.78, 5) is 18.2. The van der Waals surface area contributed by atoms with Gasteiger partial charge in [-0.1, -0.05) is 62.2 Å². The lowest BCUT2D eigenvalue weighted by molar-refractivity contribution is -0.159. The molecule has 0 amide bonds. The Labute approximate surface area is 204 Å². The first-order valence-corrected chi connectivity index (χ1v) is 11.1. The highest BCUT2D eigenvalue weighted by Crippen LogP contribution is 2.27. The fourth-order valence-electron chi connectivity index (χ4n) is 2.74. The molecule has 1 atom stereocenters. The summed E-state index contributed by atoms with van der Waals surface area (Å²) in [5.74, 6) is -2.83. The summed E-state index contributed by atoms with van der Waals surface area (Å²) in [7, 11) is 0. The second kappa shape index (κ2) is 13.4. The summed E-state index contributed by atoms with van der Waals surface area (Å²) in [6, 6.07) is 11.7. The summed E-state index contributed by atoms with van der Waals surface area (Å²) in [6.45, 7) is 10.0. The fraction of sp³-hybridized carbons (Fsp3) is 0.417. The van der Waals surface area contributed by atoms with Gasteiger partial charge in [-0.05, 0) is 60.2 Å². The van der Waals surface area contributed by atoms with Crippen LogP contribution in [0.25, 0.3) is 0 Å². The van der Waals surface area contributed by atoms with E-state index in [-0.39, 0.29) is 12.0 Å². The Kier molecular flexibility index (Phi) is 11.7. The number of aliphatic carboxylic acids is 2. The number of carbonyl (C=O) groups is 2. The van der Waals surface area contributed by atoms with E-state index in [1.807, 2.05) is 25.1 Å². The van der Waals surface area contributed by atoms with E-state index in [0.717, 1.165) is 29.8 Å². The number of hydrogen-bond donors (Lipinski definition) is 4. The Morgan fingerprint density at radius 2 is 1.70 bits per heavy atom. The number of carboxylic acids is 2. The molecule has 0 fully saturated rings. The van der Waals surface area contributed by atoms with Gasteiger partial charge in [0.25, 0.3) is 0 Å². The normalized spacial score (nSPS) is 11.8. The van der Waals surface area contributed by atoms with Crippen molar-refractivity contribution in [2.24, 2.45) is 0 Å². The molecular formula is C24H31Cl2NO6. The number of hydrogen-bond acceptors (Lipinski definition) is 5. The van der Waals surface area contributed by atoms with Crippen molar-refractivity contribution in [1.82, 2.24) is 5.32 Å². The first-order chi connectivity index (χ1) is 15.3. The van der Waals surface area contributed by atoms with Crippen molar-refractivity contribution >= 4 is 35.1 Å². The van der Waals surface area contributed by atoms with Gasteiger partial charge in [-0.2, -0.15) is 0 Å². The van der Waals surface area contributed by atoms with E-state index in [1.165, 1.54) is 5.56 Å². The van der Waals surface area contributed by atoms with Crippen LogP contribution in [0.15, 0.2) is 36.4 Å². The molecule has 0 radical (unpaired) electrons. The minimum Gasteiger partial charge on any atom is -0.491 e. The van der Waals surface area contributed by atoms with Crippen molar-refractivity contribution in [3.05, 3.63) is 63.1 Å². The van der Waals surface area contributed by atoms with Gasteiger partial charge in [-0.3, -0.25) is 0 Å². The average molecular weight is 500 g/mol. The van der Waals surface area contributed by atoms with Crippen molar-refractivity contribution in [3.8, 4) is 5.75 Å². The Morgan fingerprint density at radius 1 is 1.06 bits per heavy atom. The zero-order valence-corrected chi connectivity index (χ0v) is 20.7. The van der Waals surface area contributed by atoms with E-state index in [0.29, 0.717) is 16.6 Å². The zero-order valence-electron chi connectivity index (χ0n) is 19.2. The molecule has 0 aromatic heterocycles. The second-order valence-corrected chi connectivity index (χ2v) is 9.34. The lowest BCUT2D eigenvalue weighted by Gasteiger charge is -2.21. The van der Waals surface area contributed by atoms with Crippen LogP contribution in [0.5, 0.6) is 5.75 Å².